The van der Waals surface area contributed by atoms with Gasteiger partial charge in [-0.1, -0.05) is 19.9 Å². The smallest absolute Gasteiger partial charge is 0.338 e. The summed E-state index contributed by atoms with van der Waals surface area (Å²) in [5, 5.41) is 0. The Morgan fingerprint density at radius 1 is 1.33 bits per heavy atom. The predicted molar refractivity (Wildman–Crippen MR) is 67.6 cm³/mol. The Hall–Kier alpha value is -2.17. The topological polar surface area (TPSA) is 69.7 Å². The lowest BCUT2D eigenvalue weighted by atomic mass is 10.4. The molecule has 0 radical (unpaired) electrons. The van der Waals surface area contributed by atoms with Crippen LogP contribution in [0.25, 0.3) is 0 Å². The van der Waals surface area contributed by atoms with Crippen LogP contribution in [0.1, 0.15) is 19.8 Å². The van der Waals surface area contributed by atoms with Crippen LogP contribution in [0.3, 0.4) is 0 Å². The number of carbonyl (C=O) groups excluding carboxylic acids is 3. The van der Waals surface area contributed by atoms with Crippen LogP contribution in [-0.4, -0.2) is 24.5 Å². The summed E-state index contributed by atoms with van der Waals surface area (Å²) in [5.74, 6) is -1.49. The molecule has 0 aromatic heterocycles. The molecule has 0 spiro atoms. The van der Waals surface area contributed by atoms with Crippen LogP contribution >= 0.6 is 0 Å². The van der Waals surface area contributed by atoms with Crippen molar-refractivity contribution in [2.75, 3.05) is 6.61 Å². The summed E-state index contributed by atoms with van der Waals surface area (Å²) in [6.07, 6.45) is 5.32. The van der Waals surface area contributed by atoms with Crippen molar-refractivity contribution in [1.82, 2.24) is 0 Å². The van der Waals surface area contributed by atoms with E-state index in [0.29, 0.717) is 6.61 Å². The van der Waals surface area contributed by atoms with E-state index in [4.69, 9.17) is 0 Å². The minimum Gasteiger partial charge on any atom is -0.463 e. The summed E-state index contributed by atoms with van der Waals surface area (Å²) < 4.78 is 8.65. The third-order valence-electron chi connectivity index (χ3n) is 1.47. The largest absolute Gasteiger partial charge is 0.463 e. The highest BCUT2D eigenvalue weighted by atomic mass is 16.6. The van der Waals surface area contributed by atoms with Crippen LogP contribution in [0.4, 0.5) is 0 Å². The van der Waals surface area contributed by atoms with Crippen LogP contribution in [0.5, 0.6) is 0 Å². The van der Waals surface area contributed by atoms with Gasteiger partial charge >= 0.3 is 17.9 Å². The van der Waals surface area contributed by atoms with Crippen molar-refractivity contribution >= 4 is 17.9 Å². The highest BCUT2D eigenvalue weighted by Gasteiger charge is 2.10. The van der Waals surface area contributed by atoms with E-state index < -0.39 is 11.9 Å². The molecule has 1 aliphatic rings. The van der Waals surface area contributed by atoms with E-state index in [1.165, 1.54) is 6.08 Å². The Bertz CT molecular complexity index is 301. The summed E-state index contributed by atoms with van der Waals surface area (Å²) in [5.41, 5.74) is 0. The average Bonchev–Trinajstić information content (AvgIpc) is 2.76. The van der Waals surface area contributed by atoms with Gasteiger partial charge in [-0.3, -0.25) is 0 Å². The molecule has 18 heavy (non-hydrogen) atoms. The number of unbranched alkanes of at least 4 members (excludes halogenated alkanes) is 1. The van der Waals surface area contributed by atoms with Crippen molar-refractivity contribution in [2.45, 2.75) is 19.8 Å². The highest BCUT2D eigenvalue weighted by molar-refractivity contribution is 6.04. The van der Waals surface area contributed by atoms with Crippen molar-refractivity contribution < 1.29 is 23.9 Å². The molecule has 0 N–H and O–H groups in total. The summed E-state index contributed by atoms with van der Waals surface area (Å²) >= 11 is 0. The first-order valence-electron chi connectivity index (χ1n) is 5.33. The molecule has 100 valence electrons. The predicted octanol–water partition coefficient (Wildman–Crippen LogP) is 1.94. The van der Waals surface area contributed by atoms with Gasteiger partial charge in [0.25, 0.3) is 0 Å². The van der Waals surface area contributed by atoms with Gasteiger partial charge in [0.1, 0.15) is 0 Å². The fraction of sp³-hybridized carbons (Fsp3) is 0.308. The van der Waals surface area contributed by atoms with Crippen molar-refractivity contribution in [3.63, 3.8) is 0 Å². The van der Waals surface area contributed by atoms with Crippen molar-refractivity contribution in [2.24, 2.45) is 0 Å². The van der Waals surface area contributed by atoms with E-state index in [0.717, 1.165) is 25.0 Å². The van der Waals surface area contributed by atoms with Crippen molar-refractivity contribution in [1.29, 1.82) is 0 Å². The van der Waals surface area contributed by atoms with E-state index in [1.807, 2.05) is 6.92 Å². The molecule has 0 aromatic carbocycles. The lowest BCUT2D eigenvalue weighted by Crippen LogP contribution is -2.00. The Balaban J connectivity index is 0. The first-order chi connectivity index (χ1) is 8.60. The quantitative estimate of drug-likeness (QED) is 0.252. The Morgan fingerprint density at radius 2 is 1.83 bits per heavy atom. The molecule has 0 aliphatic carbocycles. The molecular formula is C13H18O5. The Kier molecular flexibility index (Phi) is 13.0. The van der Waals surface area contributed by atoms with E-state index in [-0.39, 0.29) is 5.97 Å². The minimum absolute atomic E-state index is 0.330. The summed E-state index contributed by atoms with van der Waals surface area (Å²) in [6.45, 7) is 11.8. The number of carbonyl (C=O) groups is 3. The van der Waals surface area contributed by atoms with Gasteiger partial charge in [0.15, 0.2) is 0 Å². The molecular weight excluding hydrogens is 236 g/mol. The second-order valence-corrected chi connectivity index (χ2v) is 2.80. The molecule has 1 rings (SSSR count). The second-order valence-electron chi connectivity index (χ2n) is 2.80. The van der Waals surface area contributed by atoms with Gasteiger partial charge in [-0.15, -0.1) is 13.2 Å². The maximum Gasteiger partial charge on any atom is 0.338 e. The third-order valence-corrected chi connectivity index (χ3v) is 1.47. The number of rotatable bonds is 4. The SMILES string of the molecule is C=C.C=CC(=O)OCCCC.O=C1C=CC(=O)O1. The van der Waals surface area contributed by atoms with Crippen molar-refractivity contribution in [3.8, 4) is 0 Å². The lowest BCUT2D eigenvalue weighted by molar-refractivity contribution is -0.150. The Labute approximate surface area is 107 Å². The minimum atomic E-state index is -0.579. The van der Waals surface area contributed by atoms with Gasteiger partial charge in [0, 0.05) is 18.2 Å². The second kappa shape index (κ2) is 12.9. The van der Waals surface area contributed by atoms with Crippen LogP contribution in [0.15, 0.2) is 38.0 Å². The standard InChI is InChI=1S/C7H12O2.C4H2O3.C2H4/c1-3-5-6-9-7(8)4-2;5-3-1-2-4(6)7-3;1-2/h4H,2-3,5-6H2,1H3;1-2H;1-2H2. The number of hydrogen-bond acceptors (Lipinski definition) is 5. The molecule has 0 unspecified atom stereocenters. The van der Waals surface area contributed by atoms with E-state index >= 15 is 0 Å². The van der Waals surface area contributed by atoms with Gasteiger partial charge in [-0.05, 0) is 6.42 Å². The van der Waals surface area contributed by atoms with Crippen LogP contribution in [0, 0.1) is 0 Å². The zero-order chi connectivity index (χ0) is 14.4. The highest BCUT2D eigenvalue weighted by Crippen LogP contribution is 1.92. The molecule has 0 atom stereocenters. The van der Waals surface area contributed by atoms with Gasteiger partial charge in [-0.2, -0.15) is 0 Å². The van der Waals surface area contributed by atoms with Crippen molar-refractivity contribution in [3.05, 3.63) is 38.0 Å². The number of hydrogen-bond donors (Lipinski definition) is 0. The average molecular weight is 254 g/mol. The zero-order valence-electron chi connectivity index (χ0n) is 10.5. The molecule has 1 aliphatic heterocycles. The normalized spacial score (nSPS) is 11.4. The molecule has 0 saturated heterocycles. The molecule has 0 bridgehead atoms. The fourth-order valence-electron chi connectivity index (χ4n) is 0.679. The van der Waals surface area contributed by atoms with Crippen LogP contribution in [0.2, 0.25) is 0 Å². The van der Waals surface area contributed by atoms with Gasteiger partial charge < -0.3 is 9.47 Å². The summed E-state index contributed by atoms with van der Waals surface area (Å²) in [4.78, 5) is 30.2. The third kappa shape index (κ3) is 11.9. The monoisotopic (exact) mass is 254 g/mol. The van der Waals surface area contributed by atoms with Gasteiger partial charge in [-0.25, -0.2) is 14.4 Å². The molecule has 0 aromatic rings. The summed E-state index contributed by atoms with van der Waals surface area (Å²) in [6, 6.07) is 0. The van der Waals surface area contributed by atoms with E-state index in [9.17, 15) is 14.4 Å². The van der Waals surface area contributed by atoms with Gasteiger partial charge in [0.2, 0.25) is 0 Å². The zero-order valence-corrected chi connectivity index (χ0v) is 10.5. The number of ether oxygens (including phenoxy) is 2. The van der Waals surface area contributed by atoms with Crippen LogP contribution < -0.4 is 0 Å². The van der Waals surface area contributed by atoms with E-state index in [1.54, 1.807) is 0 Å². The van der Waals surface area contributed by atoms with E-state index in [2.05, 4.69) is 29.2 Å². The van der Waals surface area contributed by atoms with Crippen LogP contribution in [-0.2, 0) is 23.9 Å². The lowest BCUT2D eigenvalue weighted by Gasteiger charge is -1.97. The maximum absolute atomic E-state index is 10.3. The molecule has 0 amide bonds. The molecule has 0 fully saturated rings. The first-order valence-corrected chi connectivity index (χ1v) is 5.33. The fourth-order valence-corrected chi connectivity index (χ4v) is 0.679. The molecule has 5 nitrogen and oxygen atoms in total. The summed E-state index contributed by atoms with van der Waals surface area (Å²) in [7, 11) is 0. The molecule has 5 heteroatoms. The maximum atomic E-state index is 10.3. The molecule has 0 saturated carbocycles. The molecule has 1 heterocycles. The number of cyclic esters (lactones) is 2. The Morgan fingerprint density at radius 3 is 2.11 bits per heavy atom. The van der Waals surface area contributed by atoms with Gasteiger partial charge in [0.05, 0.1) is 6.61 Å². The number of esters is 3. The first kappa shape index (κ1) is 18.2.